The van der Waals surface area contributed by atoms with E-state index >= 15 is 0 Å². The number of halogens is 1. The van der Waals surface area contributed by atoms with E-state index in [0.717, 1.165) is 11.3 Å². The Balaban J connectivity index is 1.61. The molecular formula is C20H19ClN4O3. The molecule has 0 spiro atoms. The van der Waals surface area contributed by atoms with Crippen LogP contribution in [-0.2, 0) is 6.54 Å². The van der Waals surface area contributed by atoms with Gasteiger partial charge in [-0.2, -0.15) is 0 Å². The van der Waals surface area contributed by atoms with Crippen LogP contribution in [0.2, 0.25) is 5.02 Å². The zero-order valence-electron chi connectivity index (χ0n) is 15.4. The van der Waals surface area contributed by atoms with Gasteiger partial charge in [0.15, 0.2) is 11.5 Å². The molecule has 0 unspecified atom stereocenters. The fourth-order valence-electron chi connectivity index (χ4n) is 2.44. The molecule has 0 aliphatic heterocycles. The Bertz CT molecular complexity index is 947. The van der Waals surface area contributed by atoms with Gasteiger partial charge in [0.2, 0.25) is 5.95 Å². The molecule has 2 aromatic carbocycles. The molecule has 3 aromatic rings. The number of ether oxygens (including phenoxy) is 2. The molecule has 0 saturated carbocycles. The lowest BCUT2D eigenvalue weighted by Crippen LogP contribution is -2.23. The second-order valence-corrected chi connectivity index (χ2v) is 6.24. The Kier molecular flexibility index (Phi) is 6.29. The van der Waals surface area contributed by atoms with E-state index in [0.29, 0.717) is 34.6 Å². The summed E-state index contributed by atoms with van der Waals surface area (Å²) in [5, 5.41) is 6.53. The second kappa shape index (κ2) is 9.05. The van der Waals surface area contributed by atoms with Crippen molar-refractivity contribution in [2.45, 2.75) is 6.54 Å². The molecule has 0 bridgehead atoms. The molecule has 1 aromatic heterocycles. The van der Waals surface area contributed by atoms with Crippen LogP contribution < -0.4 is 20.1 Å². The van der Waals surface area contributed by atoms with Crippen molar-refractivity contribution in [2.75, 3.05) is 19.5 Å². The van der Waals surface area contributed by atoms with Crippen LogP contribution in [0.25, 0.3) is 0 Å². The van der Waals surface area contributed by atoms with E-state index in [1.807, 2.05) is 18.2 Å². The summed E-state index contributed by atoms with van der Waals surface area (Å²) in [6.45, 7) is 0.391. The van der Waals surface area contributed by atoms with Crippen molar-refractivity contribution in [2.24, 2.45) is 0 Å². The number of carbonyl (C=O) groups is 1. The fourth-order valence-corrected chi connectivity index (χ4v) is 2.57. The van der Waals surface area contributed by atoms with Crippen LogP contribution in [0.15, 0.2) is 54.9 Å². The summed E-state index contributed by atoms with van der Waals surface area (Å²) in [4.78, 5) is 20.6. The van der Waals surface area contributed by atoms with Gasteiger partial charge >= 0.3 is 0 Å². The quantitative estimate of drug-likeness (QED) is 0.629. The van der Waals surface area contributed by atoms with Gasteiger partial charge in [0.1, 0.15) is 0 Å². The zero-order chi connectivity index (χ0) is 19.9. The van der Waals surface area contributed by atoms with E-state index in [9.17, 15) is 4.79 Å². The highest BCUT2D eigenvalue weighted by atomic mass is 35.5. The molecule has 0 saturated heterocycles. The van der Waals surface area contributed by atoms with Crippen LogP contribution >= 0.6 is 11.6 Å². The number of rotatable bonds is 7. The fraction of sp³-hybridized carbons (Fsp3) is 0.150. The lowest BCUT2D eigenvalue weighted by atomic mass is 10.2. The Labute approximate surface area is 167 Å². The summed E-state index contributed by atoms with van der Waals surface area (Å²) in [5.74, 6) is 1.32. The number of benzene rings is 2. The normalized spacial score (nSPS) is 10.2. The Morgan fingerprint density at radius 2 is 1.68 bits per heavy atom. The Morgan fingerprint density at radius 1 is 1.00 bits per heavy atom. The van der Waals surface area contributed by atoms with Gasteiger partial charge in [0.05, 0.1) is 19.8 Å². The number of nitrogens with zero attached hydrogens (tertiary/aromatic N) is 2. The van der Waals surface area contributed by atoms with Crippen LogP contribution in [0.4, 0.5) is 11.6 Å². The third-order valence-corrected chi connectivity index (χ3v) is 4.17. The maximum absolute atomic E-state index is 12.2. The van der Waals surface area contributed by atoms with Crippen molar-refractivity contribution in [1.29, 1.82) is 0 Å². The number of nitrogens with one attached hydrogen (secondary N) is 2. The molecule has 7 nitrogen and oxygen atoms in total. The topological polar surface area (TPSA) is 85.4 Å². The van der Waals surface area contributed by atoms with Gasteiger partial charge in [-0.05, 0) is 29.8 Å². The predicted molar refractivity (Wildman–Crippen MR) is 107 cm³/mol. The van der Waals surface area contributed by atoms with E-state index in [4.69, 9.17) is 21.1 Å². The van der Waals surface area contributed by atoms with Gasteiger partial charge in [-0.15, -0.1) is 0 Å². The minimum atomic E-state index is -0.257. The molecule has 0 radical (unpaired) electrons. The zero-order valence-corrected chi connectivity index (χ0v) is 16.2. The highest BCUT2D eigenvalue weighted by Gasteiger charge is 2.09. The SMILES string of the molecule is COc1ccc(Nc2ncc(C(=O)NCc3ccc(Cl)cc3)cn2)cc1OC. The minimum absolute atomic E-state index is 0.257. The van der Waals surface area contributed by atoms with E-state index in [1.54, 1.807) is 38.5 Å². The van der Waals surface area contributed by atoms with Gasteiger partial charge < -0.3 is 20.1 Å². The lowest BCUT2D eigenvalue weighted by Gasteiger charge is -2.10. The molecule has 1 heterocycles. The number of hydrogen-bond acceptors (Lipinski definition) is 6. The number of carbonyl (C=O) groups excluding carboxylic acids is 1. The van der Waals surface area contributed by atoms with Crippen molar-refractivity contribution < 1.29 is 14.3 Å². The minimum Gasteiger partial charge on any atom is -0.493 e. The maximum atomic E-state index is 12.2. The van der Waals surface area contributed by atoms with Crippen molar-refractivity contribution >= 4 is 29.1 Å². The lowest BCUT2D eigenvalue weighted by molar-refractivity contribution is 0.0950. The molecule has 1 amide bonds. The van der Waals surface area contributed by atoms with Gasteiger partial charge in [-0.25, -0.2) is 9.97 Å². The number of methoxy groups -OCH3 is 2. The number of anilines is 2. The van der Waals surface area contributed by atoms with Crippen molar-refractivity contribution in [3.05, 3.63) is 71.0 Å². The number of amides is 1. The summed E-state index contributed by atoms with van der Waals surface area (Å²) < 4.78 is 10.5. The van der Waals surface area contributed by atoms with Gasteiger partial charge in [0.25, 0.3) is 5.91 Å². The first-order valence-electron chi connectivity index (χ1n) is 8.43. The molecule has 8 heteroatoms. The van der Waals surface area contributed by atoms with E-state index in [1.165, 1.54) is 12.4 Å². The summed E-state index contributed by atoms with van der Waals surface area (Å²) in [6, 6.07) is 12.6. The first-order valence-corrected chi connectivity index (χ1v) is 8.80. The summed E-state index contributed by atoms with van der Waals surface area (Å²) in [7, 11) is 3.14. The number of hydrogen-bond donors (Lipinski definition) is 2. The van der Waals surface area contributed by atoms with Gasteiger partial charge in [-0.1, -0.05) is 23.7 Å². The van der Waals surface area contributed by atoms with Crippen molar-refractivity contribution in [3.63, 3.8) is 0 Å². The predicted octanol–water partition coefficient (Wildman–Crippen LogP) is 3.82. The Morgan fingerprint density at radius 3 is 2.32 bits per heavy atom. The molecule has 28 heavy (non-hydrogen) atoms. The standard InChI is InChI=1S/C20H19ClN4O3/c1-27-17-8-7-16(9-18(17)28-2)25-20-23-11-14(12-24-20)19(26)22-10-13-3-5-15(21)6-4-13/h3-9,11-12H,10H2,1-2H3,(H,22,26)(H,23,24,25). The molecule has 0 atom stereocenters. The smallest absolute Gasteiger partial charge is 0.254 e. The van der Waals surface area contributed by atoms with E-state index in [2.05, 4.69) is 20.6 Å². The molecular weight excluding hydrogens is 380 g/mol. The van der Waals surface area contributed by atoms with Crippen LogP contribution in [0.3, 0.4) is 0 Å². The Hall–Kier alpha value is -3.32. The van der Waals surface area contributed by atoms with Crippen molar-refractivity contribution in [3.8, 4) is 11.5 Å². The van der Waals surface area contributed by atoms with Crippen LogP contribution in [0.1, 0.15) is 15.9 Å². The van der Waals surface area contributed by atoms with E-state index < -0.39 is 0 Å². The average molecular weight is 399 g/mol. The van der Waals surface area contributed by atoms with Crippen LogP contribution in [-0.4, -0.2) is 30.1 Å². The van der Waals surface area contributed by atoms with Crippen LogP contribution in [0.5, 0.6) is 11.5 Å². The average Bonchev–Trinajstić information content (AvgIpc) is 2.73. The maximum Gasteiger partial charge on any atom is 0.254 e. The van der Waals surface area contributed by atoms with Crippen LogP contribution in [0, 0.1) is 0 Å². The third kappa shape index (κ3) is 4.89. The third-order valence-electron chi connectivity index (χ3n) is 3.92. The second-order valence-electron chi connectivity index (χ2n) is 5.80. The summed E-state index contributed by atoms with van der Waals surface area (Å²) >= 11 is 5.85. The molecule has 144 valence electrons. The number of aromatic nitrogens is 2. The molecule has 0 fully saturated rings. The molecule has 0 aliphatic carbocycles. The monoisotopic (exact) mass is 398 g/mol. The summed E-state index contributed by atoms with van der Waals surface area (Å²) in [6.07, 6.45) is 2.93. The highest BCUT2D eigenvalue weighted by molar-refractivity contribution is 6.30. The largest absolute Gasteiger partial charge is 0.493 e. The molecule has 3 rings (SSSR count). The molecule has 2 N–H and O–H groups in total. The van der Waals surface area contributed by atoms with Crippen molar-refractivity contribution in [1.82, 2.24) is 15.3 Å². The van der Waals surface area contributed by atoms with Gasteiger partial charge in [-0.3, -0.25) is 4.79 Å². The van der Waals surface area contributed by atoms with E-state index in [-0.39, 0.29) is 5.91 Å². The first-order chi connectivity index (χ1) is 13.6. The van der Waals surface area contributed by atoms with Gasteiger partial charge in [0, 0.05) is 35.7 Å². The first kappa shape index (κ1) is 19.4. The highest BCUT2D eigenvalue weighted by Crippen LogP contribution is 2.30. The summed E-state index contributed by atoms with van der Waals surface area (Å²) in [5.41, 5.74) is 2.05. The molecule has 0 aliphatic rings.